The summed E-state index contributed by atoms with van der Waals surface area (Å²) in [6.45, 7) is 7.40. The predicted molar refractivity (Wildman–Crippen MR) is 80.3 cm³/mol. The quantitative estimate of drug-likeness (QED) is 0.741. The summed E-state index contributed by atoms with van der Waals surface area (Å²) < 4.78 is 38.1. The number of benzene rings is 1. The molecule has 1 unspecified atom stereocenters. The van der Waals surface area contributed by atoms with Gasteiger partial charge < -0.3 is 10.2 Å². The molecule has 5 heteroatoms. The maximum atomic E-state index is 12.7. The summed E-state index contributed by atoms with van der Waals surface area (Å²) in [4.78, 5) is 2.24. The number of nitrogens with one attached hydrogen (secondary N) is 1. The SMILES string of the molecule is CCCN(CC)CCNC(CC(F)(F)F)c1ccccc1. The van der Waals surface area contributed by atoms with Crippen LogP contribution in [-0.2, 0) is 0 Å². The zero-order valence-electron chi connectivity index (χ0n) is 12.8. The summed E-state index contributed by atoms with van der Waals surface area (Å²) in [5.74, 6) is 0. The Bertz CT molecular complexity index is 379. The van der Waals surface area contributed by atoms with E-state index in [1.807, 2.05) is 6.07 Å². The summed E-state index contributed by atoms with van der Waals surface area (Å²) in [5, 5.41) is 3.05. The molecule has 0 fully saturated rings. The third kappa shape index (κ3) is 7.48. The van der Waals surface area contributed by atoms with Crippen LogP contribution < -0.4 is 5.32 Å². The van der Waals surface area contributed by atoms with E-state index in [0.717, 1.165) is 26.1 Å². The highest BCUT2D eigenvalue weighted by Gasteiger charge is 2.32. The number of nitrogens with zero attached hydrogens (tertiary/aromatic N) is 1. The molecular formula is C16H25F3N2. The molecule has 0 bridgehead atoms. The van der Waals surface area contributed by atoms with Crippen molar-refractivity contribution in [3.05, 3.63) is 35.9 Å². The summed E-state index contributed by atoms with van der Waals surface area (Å²) in [6.07, 6.45) is -3.95. The first kappa shape index (κ1) is 18.0. The van der Waals surface area contributed by atoms with Crippen molar-refractivity contribution in [2.24, 2.45) is 0 Å². The maximum Gasteiger partial charge on any atom is 0.390 e. The first-order valence-corrected chi connectivity index (χ1v) is 7.53. The molecule has 0 amide bonds. The molecule has 0 heterocycles. The number of likely N-dealkylation sites (N-methyl/N-ethyl adjacent to an activating group) is 1. The molecule has 1 N–H and O–H groups in total. The zero-order chi connectivity index (χ0) is 15.7. The molecule has 120 valence electrons. The first-order valence-electron chi connectivity index (χ1n) is 7.53. The smallest absolute Gasteiger partial charge is 0.308 e. The zero-order valence-corrected chi connectivity index (χ0v) is 12.8. The standard InChI is InChI=1S/C16H25F3N2/c1-3-11-21(4-2)12-10-20-15(13-16(17,18)19)14-8-6-5-7-9-14/h5-9,15,20H,3-4,10-13H2,1-2H3. The van der Waals surface area contributed by atoms with Crippen LogP contribution in [0.5, 0.6) is 0 Å². The Morgan fingerprint density at radius 3 is 2.29 bits per heavy atom. The lowest BCUT2D eigenvalue weighted by Crippen LogP contribution is -2.35. The summed E-state index contributed by atoms with van der Waals surface area (Å²) in [6, 6.07) is 8.17. The van der Waals surface area contributed by atoms with Crippen LogP contribution in [0.15, 0.2) is 30.3 Å². The van der Waals surface area contributed by atoms with E-state index in [4.69, 9.17) is 0 Å². The molecule has 1 aromatic carbocycles. The molecule has 0 aromatic heterocycles. The number of halogens is 3. The molecule has 0 aliphatic heterocycles. The molecule has 0 spiro atoms. The Labute approximate surface area is 125 Å². The number of alkyl halides is 3. The van der Waals surface area contributed by atoms with Crippen molar-refractivity contribution in [3.8, 4) is 0 Å². The second kappa shape index (κ2) is 9.05. The van der Waals surface area contributed by atoms with E-state index in [2.05, 4.69) is 24.1 Å². The van der Waals surface area contributed by atoms with Crippen molar-refractivity contribution in [1.29, 1.82) is 0 Å². The van der Waals surface area contributed by atoms with E-state index in [0.29, 0.717) is 12.1 Å². The second-order valence-corrected chi connectivity index (χ2v) is 5.17. The lowest BCUT2D eigenvalue weighted by molar-refractivity contribution is -0.140. The minimum Gasteiger partial charge on any atom is -0.308 e. The van der Waals surface area contributed by atoms with Gasteiger partial charge in [0.25, 0.3) is 0 Å². The van der Waals surface area contributed by atoms with Crippen molar-refractivity contribution in [3.63, 3.8) is 0 Å². The van der Waals surface area contributed by atoms with Gasteiger partial charge in [0.05, 0.1) is 6.42 Å². The topological polar surface area (TPSA) is 15.3 Å². The van der Waals surface area contributed by atoms with Gasteiger partial charge in [0.1, 0.15) is 0 Å². The Kier molecular flexibility index (Phi) is 7.75. The highest BCUT2D eigenvalue weighted by Crippen LogP contribution is 2.29. The fourth-order valence-corrected chi connectivity index (χ4v) is 2.37. The van der Waals surface area contributed by atoms with Crippen LogP contribution in [-0.4, -0.2) is 37.3 Å². The number of hydrogen-bond acceptors (Lipinski definition) is 2. The highest BCUT2D eigenvalue weighted by atomic mass is 19.4. The van der Waals surface area contributed by atoms with E-state index in [9.17, 15) is 13.2 Å². The van der Waals surface area contributed by atoms with Gasteiger partial charge in [-0.15, -0.1) is 0 Å². The molecule has 0 aliphatic carbocycles. The molecule has 21 heavy (non-hydrogen) atoms. The monoisotopic (exact) mass is 302 g/mol. The molecule has 1 atom stereocenters. The average Bonchev–Trinajstić information content (AvgIpc) is 2.45. The maximum absolute atomic E-state index is 12.7. The lowest BCUT2D eigenvalue weighted by Gasteiger charge is -2.24. The lowest BCUT2D eigenvalue weighted by atomic mass is 10.0. The van der Waals surface area contributed by atoms with E-state index >= 15 is 0 Å². The largest absolute Gasteiger partial charge is 0.390 e. The summed E-state index contributed by atoms with van der Waals surface area (Å²) in [7, 11) is 0. The Balaban J connectivity index is 2.58. The van der Waals surface area contributed by atoms with Crippen LogP contribution >= 0.6 is 0 Å². The van der Waals surface area contributed by atoms with Crippen LogP contribution in [0.3, 0.4) is 0 Å². The van der Waals surface area contributed by atoms with E-state index in [1.54, 1.807) is 24.3 Å². The van der Waals surface area contributed by atoms with Gasteiger partial charge in [-0.1, -0.05) is 44.2 Å². The molecule has 0 saturated carbocycles. The third-order valence-electron chi connectivity index (χ3n) is 3.44. The Hall–Kier alpha value is -1.07. The number of rotatable bonds is 9. The summed E-state index contributed by atoms with van der Waals surface area (Å²) in [5.41, 5.74) is 0.688. The molecular weight excluding hydrogens is 277 g/mol. The molecule has 1 aromatic rings. The van der Waals surface area contributed by atoms with E-state index < -0.39 is 18.6 Å². The van der Waals surface area contributed by atoms with Crippen LogP contribution in [0, 0.1) is 0 Å². The van der Waals surface area contributed by atoms with Gasteiger partial charge in [-0.2, -0.15) is 13.2 Å². The minimum absolute atomic E-state index is 0.559. The van der Waals surface area contributed by atoms with Gasteiger partial charge in [-0.05, 0) is 25.1 Å². The molecule has 1 rings (SSSR count). The first-order chi connectivity index (χ1) is 9.96. The number of hydrogen-bond donors (Lipinski definition) is 1. The fraction of sp³-hybridized carbons (Fsp3) is 0.625. The van der Waals surface area contributed by atoms with E-state index in [1.165, 1.54) is 0 Å². The van der Waals surface area contributed by atoms with Crippen LogP contribution in [0.25, 0.3) is 0 Å². The fourth-order valence-electron chi connectivity index (χ4n) is 2.37. The van der Waals surface area contributed by atoms with Gasteiger partial charge in [0.15, 0.2) is 0 Å². The van der Waals surface area contributed by atoms with Crippen molar-refractivity contribution in [2.75, 3.05) is 26.2 Å². The Morgan fingerprint density at radius 2 is 1.76 bits per heavy atom. The van der Waals surface area contributed by atoms with Crippen LogP contribution in [0.4, 0.5) is 13.2 Å². The second-order valence-electron chi connectivity index (χ2n) is 5.17. The Morgan fingerprint density at radius 1 is 1.10 bits per heavy atom. The summed E-state index contributed by atoms with van der Waals surface area (Å²) >= 11 is 0. The van der Waals surface area contributed by atoms with Crippen molar-refractivity contribution >= 4 is 0 Å². The molecule has 0 saturated heterocycles. The normalized spacial score (nSPS) is 13.6. The van der Waals surface area contributed by atoms with Crippen molar-refractivity contribution in [2.45, 2.75) is 38.9 Å². The van der Waals surface area contributed by atoms with Crippen molar-refractivity contribution < 1.29 is 13.2 Å². The van der Waals surface area contributed by atoms with Crippen LogP contribution in [0.1, 0.15) is 38.3 Å². The average molecular weight is 302 g/mol. The minimum atomic E-state index is -4.17. The van der Waals surface area contributed by atoms with Crippen molar-refractivity contribution in [1.82, 2.24) is 10.2 Å². The highest BCUT2D eigenvalue weighted by molar-refractivity contribution is 5.19. The van der Waals surface area contributed by atoms with Gasteiger partial charge in [0, 0.05) is 19.1 Å². The van der Waals surface area contributed by atoms with Gasteiger partial charge in [-0.25, -0.2) is 0 Å². The van der Waals surface area contributed by atoms with E-state index in [-0.39, 0.29) is 0 Å². The molecule has 0 aliphatic rings. The van der Waals surface area contributed by atoms with Gasteiger partial charge >= 0.3 is 6.18 Å². The van der Waals surface area contributed by atoms with Gasteiger partial charge in [0.2, 0.25) is 0 Å². The van der Waals surface area contributed by atoms with Crippen LogP contribution in [0.2, 0.25) is 0 Å². The van der Waals surface area contributed by atoms with Gasteiger partial charge in [-0.3, -0.25) is 0 Å². The molecule has 2 nitrogen and oxygen atoms in total. The predicted octanol–water partition coefficient (Wildman–Crippen LogP) is 4.00. The third-order valence-corrected chi connectivity index (χ3v) is 3.44. The molecule has 0 radical (unpaired) electrons.